The minimum Gasteiger partial charge on any atom is -0.480 e. The number of nitrogens with one attached hydrogen (secondary N) is 1. The van der Waals surface area contributed by atoms with E-state index in [1.54, 1.807) is 0 Å². The van der Waals surface area contributed by atoms with Crippen molar-refractivity contribution in [3.63, 3.8) is 0 Å². The van der Waals surface area contributed by atoms with Crippen molar-refractivity contribution in [2.45, 2.75) is 44.2 Å². The van der Waals surface area contributed by atoms with Crippen LogP contribution < -0.4 is 22.5 Å². The zero-order chi connectivity index (χ0) is 14.0. The molecule has 0 heterocycles. The third-order valence-electron chi connectivity index (χ3n) is 2.61. The van der Waals surface area contributed by atoms with Gasteiger partial charge in [0.2, 0.25) is 5.91 Å². The Bertz CT molecular complexity index is 261. The number of aliphatic carboxylic acids is 1. The summed E-state index contributed by atoms with van der Waals surface area (Å²) in [7, 11) is 0. The summed E-state index contributed by atoms with van der Waals surface area (Å²) in [6.07, 6.45) is 3.06. The fraction of sp³-hybridized carbons (Fsp3) is 0.818. The van der Waals surface area contributed by atoms with Gasteiger partial charge in [0.1, 0.15) is 6.04 Å². The van der Waals surface area contributed by atoms with Crippen LogP contribution >= 0.6 is 0 Å². The molecule has 1 amide bonds. The van der Waals surface area contributed by atoms with E-state index in [0.29, 0.717) is 38.8 Å². The monoisotopic (exact) mass is 260 g/mol. The fourth-order valence-electron chi connectivity index (χ4n) is 1.42. The molecule has 2 atom stereocenters. The number of carboxylic acid groups (broad SMARTS) is 1. The van der Waals surface area contributed by atoms with Crippen molar-refractivity contribution in [2.24, 2.45) is 17.2 Å². The molecule has 106 valence electrons. The van der Waals surface area contributed by atoms with Crippen LogP contribution in [-0.2, 0) is 9.59 Å². The summed E-state index contributed by atoms with van der Waals surface area (Å²) in [5, 5.41) is 11.3. The third-order valence-corrected chi connectivity index (χ3v) is 2.61. The summed E-state index contributed by atoms with van der Waals surface area (Å²) in [6, 6.07) is -1.35. The number of nitrogens with two attached hydrogens (primary N) is 3. The number of carboxylic acids is 1. The van der Waals surface area contributed by atoms with Crippen molar-refractivity contribution in [1.82, 2.24) is 5.32 Å². The first-order valence-electron chi connectivity index (χ1n) is 6.20. The fourth-order valence-corrected chi connectivity index (χ4v) is 1.42. The Labute approximate surface area is 107 Å². The predicted molar refractivity (Wildman–Crippen MR) is 68.7 cm³/mol. The molecule has 8 N–H and O–H groups in total. The molecule has 0 aromatic heterocycles. The van der Waals surface area contributed by atoms with E-state index in [0.717, 1.165) is 6.42 Å². The number of carbonyl (C=O) groups excluding carboxylic acids is 1. The first-order valence-corrected chi connectivity index (χ1v) is 6.20. The van der Waals surface area contributed by atoms with Gasteiger partial charge in [0.15, 0.2) is 0 Å². The molecule has 0 unspecified atom stereocenters. The molecule has 0 aliphatic rings. The molecule has 0 saturated carbocycles. The SMILES string of the molecule is NCCC[C@@H](N)C(=O)NCCCC[C@H](N)C(=O)O. The number of rotatable bonds is 10. The molecular formula is C11H24N4O3. The minimum absolute atomic E-state index is 0.189. The van der Waals surface area contributed by atoms with Gasteiger partial charge in [-0.1, -0.05) is 0 Å². The molecule has 0 saturated heterocycles. The second-order valence-electron chi connectivity index (χ2n) is 4.27. The van der Waals surface area contributed by atoms with Gasteiger partial charge in [-0.25, -0.2) is 0 Å². The second kappa shape index (κ2) is 9.81. The minimum atomic E-state index is -0.997. The average Bonchev–Trinajstić information content (AvgIpc) is 2.34. The van der Waals surface area contributed by atoms with E-state index >= 15 is 0 Å². The van der Waals surface area contributed by atoms with E-state index in [1.807, 2.05) is 0 Å². The maximum absolute atomic E-state index is 11.5. The summed E-state index contributed by atoms with van der Waals surface area (Å²) in [6.45, 7) is 1.01. The number of unbranched alkanes of at least 4 members (excludes halogenated alkanes) is 1. The molecule has 0 spiro atoms. The third kappa shape index (κ3) is 7.99. The highest BCUT2D eigenvalue weighted by molar-refractivity contribution is 5.81. The molecular weight excluding hydrogens is 236 g/mol. The molecule has 0 radical (unpaired) electrons. The quantitative estimate of drug-likeness (QED) is 0.310. The molecule has 0 fully saturated rings. The number of hydrogen-bond donors (Lipinski definition) is 5. The summed E-state index contributed by atoms with van der Waals surface area (Å²) in [5.74, 6) is -1.19. The predicted octanol–water partition coefficient (Wildman–Crippen LogP) is -1.25. The number of carbonyl (C=O) groups is 2. The standard InChI is InChI=1S/C11H24N4O3/c12-6-3-5-8(13)10(16)15-7-2-1-4-9(14)11(17)18/h8-9H,1-7,12-14H2,(H,15,16)(H,17,18)/t8-,9+/m1/s1. The normalized spacial score (nSPS) is 13.9. The Morgan fingerprint density at radius 1 is 1.06 bits per heavy atom. The average molecular weight is 260 g/mol. The first kappa shape index (κ1) is 16.8. The zero-order valence-electron chi connectivity index (χ0n) is 10.6. The van der Waals surface area contributed by atoms with Gasteiger partial charge in [-0.15, -0.1) is 0 Å². The lowest BCUT2D eigenvalue weighted by atomic mass is 10.1. The van der Waals surface area contributed by atoms with Crippen molar-refractivity contribution in [3.8, 4) is 0 Å². The van der Waals surface area contributed by atoms with Gasteiger partial charge < -0.3 is 27.6 Å². The van der Waals surface area contributed by atoms with E-state index in [1.165, 1.54) is 0 Å². The van der Waals surface area contributed by atoms with E-state index in [4.69, 9.17) is 22.3 Å². The van der Waals surface area contributed by atoms with Gasteiger partial charge in [0.05, 0.1) is 6.04 Å². The summed E-state index contributed by atoms with van der Waals surface area (Å²) >= 11 is 0. The molecule has 0 bridgehead atoms. The summed E-state index contributed by atoms with van der Waals surface area (Å²) in [4.78, 5) is 21.9. The van der Waals surface area contributed by atoms with Crippen molar-refractivity contribution >= 4 is 11.9 Å². The Kier molecular flexibility index (Phi) is 9.17. The van der Waals surface area contributed by atoms with Crippen molar-refractivity contribution in [1.29, 1.82) is 0 Å². The largest absolute Gasteiger partial charge is 0.480 e. The highest BCUT2D eigenvalue weighted by atomic mass is 16.4. The van der Waals surface area contributed by atoms with Crippen LogP contribution in [0.5, 0.6) is 0 Å². The molecule has 0 aromatic carbocycles. The highest BCUT2D eigenvalue weighted by Gasteiger charge is 2.12. The van der Waals surface area contributed by atoms with E-state index in [-0.39, 0.29) is 5.91 Å². The van der Waals surface area contributed by atoms with Gasteiger partial charge in [-0.3, -0.25) is 9.59 Å². The van der Waals surface area contributed by atoms with Gasteiger partial charge >= 0.3 is 5.97 Å². The van der Waals surface area contributed by atoms with Crippen LogP contribution in [0, 0.1) is 0 Å². The lowest BCUT2D eigenvalue weighted by molar-refractivity contribution is -0.138. The summed E-state index contributed by atoms with van der Waals surface area (Å²) < 4.78 is 0. The zero-order valence-corrected chi connectivity index (χ0v) is 10.6. The first-order chi connectivity index (χ1) is 8.49. The van der Waals surface area contributed by atoms with E-state index in [9.17, 15) is 9.59 Å². The van der Waals surface area contributed by atoms with Gasteiger partial charge in [0, 0.05) is 6.54 Å². The Hall–Kier alpha value is -1.18. The van der Waals surface area contributed by atoms with Crippen LogP contribution in [0.15, 0.2) is 0 Å². The molecule has 0 aliphatic heterocycles. The summed E-state index contributed by atoms with van der Waals surface area (Å²) in [5.41, 5.74) is 16.3. The second-order valence-corrected chi connectivity index (χ2v) is 4.27. The maximum atomic E-state index is 11.5. The Balaban J connectivity index is 3.54. The van der Waals surface area contributed by atoms with E-state index in [2.05, 4.69) is 5.32 Å². The molecule has 7 nitrogen and oxygen atoms in total. The van der Waals surface area contributed by atoms with Crippen molar-refractivity contribution in [3.05, 3.63) is 0 Å². The maximum Gasteiger partial charge on any atom is 0.320 e. The van der Waals surface area contributed by atoms with Crippen LogP contribution in [0.1, 0.15) is 32.1 Å². The van der Waals surface area contributed by atoms with Crippen molar-refractivity contribution in [2.75, 3.05) is 13.1 Å². The smallest absolute Gasteiger partial charge is 0.320 e. The Morgan fingerprint density at radius 2 is 1.67 bits per heavy atom. The van der Waals surface area contributed by atoms with Crippen LogP contribution in [0.25, 0.3) is 0 Å². The van der Waals surface area contributed by atoms with Crippen LogP contribution in [0.3, 0.4) is 0 Å². The molecule has 7 heteroatoms. The van der Waals surface area contributed by atoms with E-state index < -0.39 is 18.1 Å². The van der Waals surface area contributed by atoms with Gasteiger partial charge in [-0.05, 0) is 38.6 Å². The van der Waals surface area contributed by atoms with Crippen LogP contribution in [-0.4, -0.2) is 42.2 Å². The Morgan fingerprint density at radius 3 is 2.22 bits per heavy atom. The number of amides is 1. The lowest BCUT2D eigenvalue weighted by Gasteiger charge is -2.11. The van der Waals surface area contributed by atoms with Crippen LogP contribution in [0.4, 0.5) is 0 Å². The van der Waals surface area contributed by atoms with Crippen LogP contribution in [0.2, 0.25) is 0 Å². The number of hydrogen-bond acceptors (Lipinski definition) is 5. The van der Waals surface area contributed by atoms with Crippen molar-refractivity contribution < 1.29 is 14.7 Å². The van der Waals surface area contributed by atoms with Gasteiger partial charge in [-0.2, -0.15) is 0 Å². The molecule has 0 aliphatic carbocycles. The lowest BCUT2D eigenvalue weighted by Crippen LogP contribution is -2.41. The topological polar surface area (TPSA) is 144 Å². The molecule has 18 heavy (non-hydrogen) atoms. The van der Waals surface area contributed by atoms with Gasteiger partial charge in [0.25, 0.3) is 0 Å². The molecule has 0 aromatic rings. The molecule has 0 rings (SSSR count). The highest BCUT2D eigenvalue weighted by Crippen LogP contribution is 1.99.